The van der Waals surface area contributed by atoms with Gasteiger partial charge >= 0.3 is 11.9 Å². The molecule has 6 heteroatoms. The molecule has 0 amide bonds. The predicted molar refractivity (Wildman–Crippen MR) is 70.8 cm³/mol. The summed E-state index contributed by atoms with van der Waals surface area (Å²) in [5, 5.41) is 9.56. The second kappa shape index (κ2) is 6.04. The summed E-state index contributed by atoms with van der Waals surface area (Å²) in [4.78, 5) is 23.6. The SMILES string of the molecule is COc1ccc(O)c(C(=O)OC(=O)c2ccccc2)c1F. The van der Waals surface area contributed by atoms with Crippen LogP contribution < -0.4 is 4.74 Å². The van der Waals surface area contributed by atoms with E-state index in [2.05, 4.69) is 4.74 Å². The van der Waals surface area contributed by atoms with Crippen LogP contribution >= 0.6 is 0 Å². The Morgan fingerprint density at radius 2 is 1.71 bits per heavy atom. The normalized spacial score (nSPS) is 10.0. The summed E-state index contributed by atoms with van der Waals surface area (Å²) < 4.78 is 23.2. The zero-order valence-electron chi connectivity index (χ0n) is 11.0. The van der Waals surface area contributed by atoms with E-state index in [1.807, 2.05) is 0 Å². The van der Waals surface area contributed by atoms with Gasteiger partial charge in [0.05, 0.1) is 12.7 Å². The molecule has 0 aromatic heterocycles. The number of hydrogen-bond donors (Lipinski definition) is 1. The van der Waals surface area contributed by atoms with E-state index in [4.69, 9.17) is 4.74 Å². The van der Waals surface area contributed by atoms with Gasteiger partial charge in [-0.1, -0.05) is 18.2 Å². The van der Waals surface area contributed by atoms with Crippen LogP contribution in [0.4, 0.5) is 4.39 Å². The van der Waals surface area contributed by atoms with Gasteiger partial charge < -0.3 is 14.6 Å². The van der Waals surface area contributed by atoms with Crippen LogP contribution in [0.5, 0.6) is 11.5 Å². The molecule has 1 N–H and O–H groups in total. The number of methoxy groups -OCH3 is 1. The summed E-state index contributed by atoms with van der Waals surface area (Å²) in [5.74, 6) is -4.21. The van der Waals surface area contributed by atoms with Gasteiger partial charge in [0.1, 0.15) is 11.3 Å². The van der Waals surface area contributed by atoms with Crippen LogP contribution in [0.3, 0.4) is 0 Å². The highest BCUT2D eigenvalue weighted by molar-refractivity contribution is 6.04. The summed E-state index contributed by atoms with van der Waals surface area (Å²) in [5.41, 5.74) is -0.618. The molecular formula is C15H11FO5. The van der Waals surface area contributed by atoms with Crippen molar-refractivity contribution in [1.29, 1.82) is 0 Å². The van der Waals surface area contributed by atoms with Crippen molar-refractivity contribution in [2.24, 2.45) is 0 Å². The van der Waals surface area contributed by atoms with Gasteiger partial charge in [0.15, 0.2) is 11.6 Å². The predicted octanol–water partition coefficient (Wildman–Crippen LogP) is 2.54. The second-order valence-electron chi connectivity index (χ2n) is 4.02. The molecule has 2 aromatic rings. The molecule has 0 saturated heterocycles. The van der Waals surface area contributed by atoms with Gasteiger partial charge in [0, 0.05) is 0 Å². The number of carbonyl (C=O) groups excluding carboxylic acids is 2. The molecule has 0 aliphatic rings. The minimum absolute atomic E-state index is 0.133. The van der Waals surface area contributed by atoms with Crippen LogP contribution in [0.2, 0.25) is 0 Å². The fraction of sp³-hybridized carbons (Fsp3) is 0.0667. The van der Waals surface area contributed by atoms with Crippen molar-refractivity contribution >= 4 is 11.9 Å². The van der Waals surface area contributed by atoms with Crippen LogP contribution in [-0.4, -0.2) is 24.2 Å². The summed E-state index contributed by atoms with van der Waals surface area (Å²) in [6, 6.07) is 9.97. The number of aromatic hydroxyl groups is 1. The molecule has 0 aliphatic carbocycles. The Morgan fingerprint density at radius 1 is 1.05 bits per heavy atom. The number of halogens is 1. The average molecular weight is 290 g/mol. The Morgan fingerprint density at radius 3 is 2.33 bits per heavy atom. The molecule has 5 nitrogen and oxygen atoms in total. The Bertz CT molecular complexity index is 682. The number of ether oxygens (including phenoxy) is 2. The van der Waals surface area contributed by atoms with Gasteiger partial charge in [-0.15, -0.1) is 0 Å². The first-order valence-electron chi connectivity index (χ1n) is 5.91. The minimum atomic E-state index is -1.29. The van der Waals surface area contributed by atoms with E-state index < -0.39 is 29.1 Å². The molecule has 0 atom stereocenters. The lowest BCUT2D eigenvalue weighted by Crippen LogP contribution is -2.14. The molecule has 0 fully saturated rings. The van der Waals surface area contributed by atoms with Crippen molar-refractivity contribution < 1.29 is 28.6 Å². The highest BCUT2D eigenvalue weighted by Gasteiger charge is 2.24. The lowest BCUT2D eigenvalue weighted by Gasteiger charge is -2.08. The van der Waals surface area contributed by atoms with Gasteiger partial charge in [0.2, 0.25) is 0 Å². The second-order valence-corrected chi connectivity index (χ2v) is 4.02. The van der Waals surface area contributed by atoms with Crippen LogP contribution in [-0.2, 0) is 4.74 Å². The van der Waals surface area contributed by atoms with Crippen molar-refractivity contribution in [3.63, 3.8) is 0 Å². The molecule has 0 unspecified atom stereocenters. The third-order valence-corrected chi connectivity index (χ3v) is 2.70. The molecule has 2 aromatic carbocycles. The monoisotopic (exact) mass is 290 g/mol. The van der Waals surface area contributed by atoms with Crippen LogP contribution in [0.25, 0.3) is 0 Å². The number of phenolic OH excluding ortho intramolecular Hbond substituents is 1. The van der Waals surface area contributed by atoms with Crippen molar-refractivity contribution in [1.82, 2.24) is 0 Å². The standard InChI is InChI=1S/C15H11FO5/c1-20-11-8-7-10(17)12(13(11)16)15(19)21-14(18)9-5-3-2-4-6-9/h2-8,17H,1H3. The average Bonchev–Trinajstić information content (AvgIpc) is 2.48. The van der Waals surface area contributed by atoms with Crippen molar-refractivity contribution in [2.75, 3.05) is 7.11 Å². The van der Waals surface area contributed by atoms with Crippen LogP contribution in [0.1, 0.15) is 20.7 Å². The largest absolute Gasteiger partial charge is 0.507 e. The topological polar surface area (TPSA) is 72.8 Å². The molecule has 0 saturated carbocycles. The van der Waals surface area contributed by atoms with Crippen molar-refractivity contribution in [2.45, 2.75) is 0 Å². The minimum Gasteiger partial charge on any atom is -0.507 e. The maximum Gasteiger partial charge on any atom is 0.352 e. The Balaban J connectivity index is 2.27. The Labute approximate surface area is 119 Å². The number of carbonyl (C=O) groups is 2. The molecule has 108 valence electrons. The summed E-state index contributed by atoms with van der Waals surface area (Å²) in [6.45, 7) is 0. The van der Waals surface area contributed by atoms with E-state index in [0.717, 1.165) is 12.1 Å². The van der Waals surface area contributed by atoms with Crippen LogP contribution in [0, 0.1) is 5.82 Å². The molecule has 2 rings (SSSR count). The molecule has 21 heavy (non-hydrogen) atoms. The fourth-order valence-corrected chi connectivity index (χ4v) is 1.67. The molecule has 0 radical (unpaired) electrons. The smallest absolute Gasteiger partial charge is 0.352 e. The number of rotatable bonds is 3. The molecule has 0 bridgehead atoms. The Hall–Kier alpha value is -2.89. The van der Waals surface area contributed by atoms with Crippen LogP contribution in [0.15, 0.2) is 42.5 Å². The van der Waals surface area contributed by atoms with Crippen molar-refractivity contribution in [3.05, 3.63) is 59.4 Å². The molecule has 0 heterocycles. The third kappa shape index (κ3) is 3.00. The number of benzene rings is 2. The van der Waals surface area contributed by atoms with E-state index in [1.54, 1.807) is 18.2 Å². The highest BCUT2D eigenvalue weighted by Crippen LogP contribution is 2.28. The highest BCUT2D eigenvalue weighted by atomic mass is 19.1. The van der Waals surface area contributed by atoms with Gasteiger partial charge in [-0.3, -0.25) is 0 Å². The fourth-order valence-electron chi connectivity index (χ4n) is 1.67. The first kappa shape index (κ1) is 14.5. The number of esters is 2. The van der Waals surface area contributed by atoms with Gasteiger partial charge in [0.25, 0.3) is 0 Å². The summed E-state index contributed by atoms with van der Waals surface area (Å²) in [6.07, 6.45) is 0. The lowest BCUT2D eigenvalue weighted by molar-refractivity contribution is 0.0392. The zero-order chi connectivity index (χ0) is 15.4. The maximum absolute atomic E-state index is 13.9. The molecule has 0 spiro atoms. The Kier molecular flexibility index (Phi) is 4.18. The lowest BCUT2D eigenvalue weighted by atomic mass is 10.1. The van der Waals surface area contributed by atoms with Crippen molar-refractivity contribution in [3.8, 4) is 11.5 Å². The third-order valence-electron chi connectivity index (χ3n) is 2.70. The number of phenols is 1. The summed E-state index contributed by atoms with van der Waals surface area (Å²) >= 11 is 0. The van der Waals surface area contributed by atoms with E-state index in [0.29, 0.717) is 0 Å². The first-order chi connectivity index (χ1) is 10.0. The van der Waals surface area contributed by atoms with E-state index >= 15 is 0 Å². The first-order valence-corrected chi connectivity index (χ1v) is 5.91. The molecular weight excluding hydrogens is 279 g/mol. The van der Waals surface area contributed by atoms with E-state index in [1.165, 1.54) is 19.2 Å². The molecule has 0 aliphatic heterocycles. The van der Waals surface area contributed by atoms with E-state index in [9.17, 15) is 19.1 Å². The zero-order valence-corrected chi connectivity index (χ0v) is 11.0. The van der Waals surface area contributed by atoms with Gasteiger partial charge in [-0.05, 0) is 24.3 Å². The number of hydrogen-bond acceptors (Lipinski definition) is 5. The van der Waals surface area contributed by atoms with E-state index in [-0.39, 0.29) is 11.3 Å². The maximum atomic E-state index is 13.9. The van der Waals surface area contributed by atoms with Gasteiger partial charge in [-0.25, -0.2) is 14.0 Å². The van der Waals surface area contributed by atoms with Gasteiger partial charge in [-0.2, -0.15) is 0 Å². The summed E-state index contributed by atoms with van der Waals surface area (Å²) in [7, 11) is 1.21. The quantitative estimate of drug-likeness (QED) is 0.694.